The van der Waals surface area contributed by atoms with Crippen LogP contribution in [0, 0.1) is 5.82 Å². The highest BCUT2D eigenvalue weighted by atomic mass is 19.1. The fraction of sp³-hybridized carbons (Fsp3) is 0.375. The second-order valence-corrected chi connectivity index (χ2v) is 5.29. The Morgan fingerprint density at radius 3 is 2.76 bits per heavy atom. The molecule has 0 radical (unpaired) electrons. The highest BCUT2D eigenvalue weighted by Crippen LogP contribution is 2.24. The summed E-state index contributed by atoms with van der Waals surface area (Å²) in [4.78, 5) is 11.0. The second-order valence-electron chi connectivity index (χ2n) is 5.29. The lowest BCUT2D eigenvalue weighted by Gasteiger charge is -2.33. The van der Waals surface area contributed by atoms with Crippen LogP contribution in [0.15, 0.2) is 36.5 Å². The minimum absolute atomic E-state index is 0.284. The van der Waals surface area contributed by atoms with Crippen LogP contribution in [0.1, 0.15) is 26.2 Å². The molecule has 1 aliphatic rings. The van der Waals surface area contributed by atoms with Crippen molar-refractivity contribution < 1.29 is 9.13 Å². The number of aromatic nitrogens is 2. The maximum Gasteiger partial charge on any atom is 0.228 e. The second kappa shape index (κ2) is 6.08. The van der Waals surface area contributed by atoms with Crippen molar-refractivity contribution >= 4 is 5.95 Å². The molecular formula is C16H18FN3O. The first-order chi connectivity index (χ1) is 10.2. The average Bonchev–Trinajstić information content (AvgIpc) is 2.50. The Balaban J connectivity index is 1.78. The molecule has 0 saturated carbocycles. The quantitative estimate of drug-likeness (QED) is 0.861. The summed E-state index contributed by atoms with van der Waals surface area (Å²) < 4.78 is 18.5. The van der Waals surface area contributed by atoms with Gasteiger partial charge in [-0.05, 0) is 50.5 Å². The molecule has 4 nitrogen and oxygen atoms in total. The lowest BCUT2D eigenvalue weighted by molar-refractivity contribution is 0.449. The Morgan fingerprint density at radius 2 is 2.00 bits per heavy atom. The third-order valence-electron chi connectivity index (χ3n) is 3.71. The van der Waals surface area contributed by atoms with Gasteiger partial charge in [0.25, 0.3) is 0 Å². The summed E-state index contributed by atoms with van der Waals surface area (Å²) in [6.07, 6.45) is 5.27. The molecule has 0 aliphatic carbocycles. The lowest BCUT2D eigenvalue weighted by Crippen LogP contribution is -2.38. The van der Waals surface area contributed by atoms with Gasteiger partial charge in [0.05, 0.1) is 0 Å². The molecule has 1 aliphatic heterocycles. The molecule has 1 unspecified atom stereocenters. The van der Waals surface area contributed by atoms with Gasteiger partial charge in [0.15, 0.2) is 0 Å². The van der Waals surface area contributed by atoms with E-state index in [0.29, 0.717) is 23.6 Å². The first-order valence-electron chi connectivity index (χ1n) is 7.25. The number of hydrogen-bond donors (Lipinski definition) is 0. The summed E-state index contributed by atoms with van der Waals surface area (Å²) in [6.45, 7) is 3.16. The number of anilines is 1. The summed E-state index contributed by atoms with van der Waals surface area (Å²) in [5, 5.41) is 0. The topological polar surface area (TPSA) is 38.2 Å². The van der Waals surface area contributed by atoms with E-state index in [2.05, 4.69) is 21.8 Å². The summed E-state index contributed by atoms with van der Waals surface area (Å²) in [5.74, 6) is 1.45. The van der Waals surface area contributed by atoms with Crippen molar-refractivity contribution in [3.8, 4) is 11.6 Å². The third-order valence-corrected chi connectivity index (χ3v) is 3.71. The van der Waals surface area contributed by atoms with Crippen LogP contribution in [0.4, 0.5) is 10.3 Å². The summed E-state index contributed by atoms with van der Waals surface area (Å²) in [5.41, 5.74) is 0. The van der Waals surface area contributed by atoms with E-state index in [4.69, 9.17) is 4.74 Å². The van der Waals surface area contributed by atoms with E-state index in [9.17, 15) is 4.39 Å². The van der Waals surface area contributed by atoms with E-state index < -0.39 is 0 Å². The number of halogens is 1. The Morgan fingerprint density at radius 1 is 1.19 bits per heavy atom. The van der Waals surface area contributed by atoms with Crippen LogP contribution >= 0.6 is 0 Å². The minimum atomic E-state index is -0.284. The van der Waals surface area contributed by atoms with Gasteiger partial charge in [-0.2, -0.15) is 4.98 Å². The molecule has 1 saturated heterocycles. The molecule has 2 heterocycles. The molecule has 3 rings (SSSR count). The van der Waals surface area contributed by atoms with Crippen LogP contribution in [0.2, 0.25) is 0 Å². The predicted molar refractivity (Wildman–Crippen MR) is 79.2 cm³/mol. The molecule has 21 heavy (non-hydrogen) atoms. The van der Waals surface area contributed by atoms with Gasteiger partial charge in [0.1, 0.15) is 11.6 Å². The van der Waals surface area contributed by atoms with Crippen LogP contribution in [0.5, 0.6) is 11.6 Å². The van der Waals surface area contributed by atoms with Gasteiger partial charge in [0, 0.05) is 24.8 Å². The molecule has 0 bridgehead atoms. The zero-order chi connectivity index (χ0) is 14.7. The Hall–Kier alpha value is -2.17. The Bertz CT molecular complexity index is 603. The Labute approximate surface area is 123 Å². The van der Waals surface area contributed by atoms with E-state index in [1.54, 1.807) is 24.4 Å². The zero-order valence-corrected chi connectivity index (χ0v) is 12.0. The maximum absolute atomic E-state index is 12.9. The van der Waals surface area contributed by atoms with E-state index in [1.165, 1.54) is 18.6 Å². The van der Waals surface area contributed by atoms with Gasteiger partial charge in [-0.3, -0.25) is 0 Å². The third kappa shape index (κ3) is 3.29. The van der Waals surface area contributed by atoms with Gasteiger partial charge < -0.3 is 9.64 Å². The van der Waals surface area contributed by atoms with Crippen molar-refractivity contribution in [2.45, 2.75) is 32.2 Å². The molecule has 5 heteroatoms. The van der Waals surface area contributed by atoms with Gasteiger partial charge >= 0.3 is 0 Å². The van der Waals surface area contributed by atoms with E-state index >= 15 is 0 Å². The SMILES string of the molecule is CC1CCCCN1c1nccc(Oc2ccc(F)cc2)n1. The molecule has 110 valence electrons. The number of benzene rings is 1. The van der Waals surface area contributed by atoms with Crippen molar-refractivity contribution in [3.63, 3.8) is 0 Å². The summed E-state index contributed by atoms with van der Waals surface area (Å²) in [6, 6.07) is 8.05. The Kier molecular flexibility index (Phi) is 3.99. The number of nitrogens with zero attached hydrogens (tertiary/aromatic N) is 3. The van der Waals surface area contributed by atoms with Crippen molar-refractivity contribution in [3.05, 3.63) is 42.3 Å². The minimum Gasteiger partial charge on any atom is -0.439 e. The van der Waals surface area contributed by atoms with Crippen LogP contribution in [0.3, 0.4) is 0 Å². The molecule has 0 spiro atoms. The van der Waals surface area contributed by atoms with Gasteiger partial charge in [-0.1, -0.05) is 0 Å². The first kappa shape index (κ1) is 13.8. The van der Waals surface area contributed by atoms with Crippen LogP contribution in [-0.2, 0) is 0 Å². The highest BCUT2D eigenvalue weighted by molar-refractivity contribution is 5.35. The number of hydrogen-bond acceptors (Lipinski definition) is 4. The summed E-state index contributed by atoms with van der Waals surface area (Å²) in [7, 11) is 0. The molecule has 1 aromatic carbocycles. The van der Waals surface area contributed by atoms with Gasteiger partial charge in [0.2, 0.25) is 11.8 Å². The molecule has 1 aromatic heterocycles. The van der Waals surface area contributed by atoms with Crippen LogP contribution in [0.25, 0.3) is 0 Å². The van der Waals surface area contributed by atoms with Gasteiger partial charge in [-0.15, -0.1) is 0 Å². The van der Waals surface area contributed by atoms with E-state index in [0.717, 1.165) is 19.4 Å². The van der Waals surface area contributed by atoms with Crippen molar-refractivity contribution in [1.82, 2.24) is 9.97 Å². The fourth-order valence-electron chi connectivity index (χ4n) is 2.55. The zero-order valence-electron chi connectivity index (χ0n) is 12.0. The van der Waals surface area contributed by atoms with E-state index in [-0.39, 0.29) is 5.82 Å². The largest absolute Gasteiger partial charge is 0.439 e. The molecule has 0 amide bonds. The standard InChI is InChI=1S/C16H18FN3O/c1-12-4-2-3-11-20(12)16-18-10-9-15(19-16)21-14-7-5-13(17)6-8-14/h5-10,12H,2-4,11H2,1H3. The first-order valence-corrected chi connectivity index (χ1v) is 7.25. The maximum atomic E-state index is 12.9. The van der Waals surface area contributed by atoms with E-state index in [1.807, 2.05) is 0 Å². The molecule has 0 N–H and O–H groups in total. The van der Waals surface area contributed by atoms with Gasteiger partial charge in [-0.25, -0.2) is 9.37 Å². The smallest absolute Gasteiger partial charge is 0.228 e. The average molecular weight is 287 g/mol. The molecule has 2 aromatic rings. The normalized spacial score (nSPS) is 18.6. The van der Waals surface area contributed by atoms with Crippen molar-refractivity contribution in [2.75, 3.05) is 11.4 Å². The highest BCUT2D eigenvalue weighted by Gasteiger charge is 2.21. The molecule has 1 atom stereocenters. The van der Waals surface area contributed by atoms with Crippen LogP contribution in [-0.4, -0.2) is 22.6 Å². The predicted octanol–water partition coefficient (Wildman–Crippen LogP) is 3.79. The molecule has 1 fully saturated rings. The lowest BCUT2D eigenvalue weighted by atomic mass is 10.0. The number of rotatable bonds is 3. The van der Waals surface area contributed by atoms with Crippen molar-refractivity contribution in [1.29, 1.82) is 0 Å². The monoisotopic (exact) mass is 287 g/mol. The fourth-order valence-corrected chi connectivity index (χ4v) is 2.55. The number of piperidine rings is 1. The number of ether oxygens (including phenoxy) is 1. The van der Waals surface area contributed by atoms with Crippen LogP contribution < -0.4 is 9.64 Å². The van der Waals surface area contributed by atoms with Crippen molar-refractivity contribution in [2.24, 2.45) is 0 Å². The molecular weight excluding hydrogens is 269 g/mol. The summed E-state index contributed by atoms with van der Waals surface area (Å²) >= 11 is 0.